The van der Waals surface area contributed by atoms with E-state index in [1.54, 1.807) is 0 Å². The van der Waals surface area contributed by atoms with Crippen molar-refractivity contribution < 1.29 is 4.74 Å². The molecule has 19 heavy (non-hydrogen) atoms. The molecular weight excluding hydrogens is 238 g/mol. The summed E-state index contributed by atoms with van der Waals surface area (Å²) >= 11 is 0. The van der Waals surface area contributed by atoms with Gasteiger partial charge in [0, 0.05) is 12.1 Å². The van der Waals surface area contributed by atoms with Crippen LogP contribution in [0.5, 0.6) is 5.75 Å². The summed E-state index contributed by atoms with van der Waals surface area (Å²) in [5.74, 6) is 0.764. The van der Waals surface area contributed by atoms with Gasteiger partial charge in [-0.15, -0.1) is 0 Å². The molecular formula is C15H25N3O. The van der Waals surface area contributed by atoms with Crippen molar-refractivity contribution in [3.8, 4) is 5.75 Å². The number of benzene rings is 1. The van der Waals surface area contributed by atoms with Gasteiger partial charge in [-0.1, -0.05) is 6.07 Å². The third-order valence-corrected chi connectivity index (χ3v) is 4.21. The Balaban J connectivity index is 2.05. The highest BCUT2D eigenvalue weighted by Crippen LogP contribution is 2.37. The number of hydrogen-bond donors (Lipinski definition) is 2. The predicted octanol–water partition coefficient (Wildman–Crippen LogP) is 2.56. The highest BCUT2D eigenvalue weighted by Gasteiger charge is 2.38. The molecule has 3 N–H and O–H groups in total. The van der Waals surface area contributed by atoms with E-state index in [2.05, 4.69) is 24.3 Å². The Kier molecular flexibility index (Phi) is 4.20. The molecule has 0 unspecified atom stereocenters. The monoisotopic (exact) mass is 263 g/mol. The van der Waals surface area contributed by atoms with E-state index in [1.807, 2.05) is 25.1 Å². The highest BCUT2D eigenvalue weighted by molar-refractivity contribution is 5.73. The second kappa shape index (κ2) is 5.70. The maximum Gasteiger partial charge on any atom is 0.144 e. The third-order valence-electron chi connectivity index (χ3n) is 4.21. The predicted molar refractivity (Wildman–Crippen MR) is 80.8 cm³/mol. The van der Waals surface area contributed by atoms with Crippen molar-refractivity contribution in [2.24, 2.45) is 0 Å². The topological polar surface area (TPSA) is 50.5 Å². The van der Waals surface area contributed by atoms with Crippen LogP contribution in [-0.2, 0) is 0 Å². The van der Waals surface area contributed by atoms with E-state index in [0.29, 0.717) is 12.3 Å². The molecule has 4 heteroatoms. The Morgan fingerprint density at radius 3 is 2.63 bits per heavy atom. The van der Waals surface area contributed by atoms with Crippen molar-refractivity contribution in [3.63, 3.8) is 0 Å². The Morgan fingerprint density at radius 2 is 2.11 bits per heavy atom. The van der Waals surface area contributed by atoms with Gasteiger partial charge in [0.25, 0.3) is 0 Å². The number of anilines is 2. The van der Waals surface area contributed by atoms with Crippen LogP contribution in [0.4, 0.5) is 11.4 Å². The molecule has 0 saturated heterocycles. The standard InChI is InChI=1S/C15H25N3O/c1-4-19-13-8-5-7-12(14(13)16)17-11-15(18(2)3)9-6-10-15/h5,7-8,17H,4,6,9-11,16H2,1-3H3. The summed E-state index contributed by atoms with van der Waals surface area (Å²) in [7, 11) is 4.31. The molecule has 4 nitrogen and oxygen atoms in total. The van der Waals surface area contributed by atoms with Crippen LogP contribution in [0, 0.1) is 0 Å². The molecule has 0 radical (unpaired) electrons. The summed E-state index contributed by atoms with van der Waals surface area (Å²) < 4.78 is 5.52. The fraction of sp³-hybridized carbons (Fsp3) is 0.600. The average molecular weight is 263 g/mol. The average Bonchev–Trinajstić information content (AvgIpc) is 2.32. The summed E-state index contributed by atoms with van der Waals surface area (Å²) in [6.07, 6.45) is 3.81. The normalized spacial score (nSPS) is 17.1. The van der Waals surface area contributed by atoms with E-state index in [9.17, 15) is 0 Å². The number of nitrogens with zero attached hydrogens (tertiary/aromatic N) is 1. The van der Waals surface area contributed by atoms with Gasteiger partial charge >= 0.3 is 0 Å². The van der Waals surface area contributed by atoms with Crippen molar-refractivity contribution in [1.82, 2.24) is 4.90 Å². The Morgan fingerprint density at radius 1 is 1.37 bits per heavy atom. The summed E-state index contributed by atoms with van der Waals surface area (Å²) in [6, 6.07) is 5.90. The Labute approximate surface area is 115 Å². The Bertz CT molecular complexity index is 427. The number of likely N-dealkylation sites (N-methyl/N-ethyl adjacent to an activating group) is 1. The van der Waals surface area contributed by atoms with E-state index in [-0.39, 0.29) is 5.54 Å². The summed E-state index contributed by atoms with van der Waals surface area (Å²) in [6.45, 7) is 3.53. The van der Waals surface area contributed by atoms with Gasteiger partial charge in [-0.2, -0.15) is 0 Å². The van der Waals surface area contributed by atoms with Gasteiger partial charge in [0.15, 0.2) is 0 Å². The molecule has 1 aromatic carbocycles. The zero-order valence-electron chi connectivity index (χ0n) is 12.2. The van der Waals surface area contributed by atoms with Crippen molar-refractivity contribution in [2.45, 2.75) is 31.7 Å². The van der Waals surface area contributed by atoms with Crippen molar-refractivity contribution in [3.05, 3.63) is 18.2 Å². The van der Waals surface area contributed by atoms with E-state index < -0.39 is 0 Å². The quantitative estimate of drug-likeness (QED) is 0.775. The number of nitrogens with one attached hydrogen (secondary N) is 1. The minimum Gasteiger partial charge on any atom is -0.492 e. The number of hydrogen-bond acceptors (Lipinski definition) is 4. The van der Waals surface area contributed by atoms with Crippen LogP contribution in [0.2, 0.25) is 0 Å². The zero-order chi connectivity index (χ0) is 13.9. The number of ether oxygens (including phenoxy) is 1. The van der Waals surface area contributed by atoms with Crippen LogP contribution in [0.1, 0.15) is 26.2 Å². The fourth-order valence-electron chi connectivity index (χ4n) is 2.61. The van der Waals surface area contributed by atoms with Crippen LogP contribution < -0.4 is 15.8 Å². The Hall–Kier alpha value is -1.42. The summed E-state index contributed by atoms with van der Waals surface area (Å²) in [5, 5.41) is 3.49. The van der Waals surface area contributed by atoms with E-state index in [0.717, 1.165) is 18.0 Å². The molecule has 1 aromatic rings. The van der Waals surface area contributed by atoms with Gasteiger partial charge in [0.1, 0.15) is 5.75 Å². The lowest BCUT2D eigenvalue weighted by Gasteiger charge is -2.47. The SMILES string of the molecule is CCOc1cccc(NCC2(N(C)C)CCC2)c1N. The van der Waals surface area contributed by atoms with Crippen LogP contribution >= 0.6 is 0 Å². The second-order valence-electron chi connectivity index (χ2n) is 5.48. The molecule has 0 aromatic heterocycles. The minimum absolute atomic E-state index is 0.286. The molecule has 1 saturated carbocycles. The molecule has 0 amide bonds. The van der Waals surface area contributed by atoms with E-state index in [4.69, 9.17) is 10.5 Å². The largest absolute Gasteiger partial charge is 0.492 e. The molecule has 0 aliphatic heterocycles. The first-order valence-corrected chi connectivity index (χ1v) is 7.01. The first-order chi connectivity index (χ1) is 9.09. The molecule has 2 rings (SSSR count). The minimum atomic E-state index is 0.286. The first kappa shape index (κ1) is 14.0. The first-order valence-electron chi connectivity index (χ1n) is 7.01. The number of para-hydroxylation sites is 1. The summed E-state index contributed by atoms with van der Waals surface area (Å²) in [4.78, 5) is 2.33. The maximum absolute atomic E-state index is 6.13. The van der Waals surface area contributed by atoms with Crippen LogP contribution in [0.15, 0.2) is 18.2 Å². The fourth-order valence-corrected chi connectivity index (χ4v) is 2.61. The van der Waals surface area contributed by atoms with Gasteiger partial charge in [-0.05, 0) is 52.4 Å². The van der Waals surface area contributed by atoms with Crippen molar-refractivity contribution >= 4 is 11.4 Å². The van der Waals surface area contributed by atoms with Crippen LogP contribution in [-0.4, -0.2) is 37.7 Å². The highest BCUT2D eigenvalue weighted by atomic mass is 16.5. The van der Waals surface area contributed by atoms with E-state index >= 15 is 0 Å². The molecule has 0 bridgehead atoms. The number of nitrogen functional groups attached to an aromatic ring is 1. The summed E-state index contributed by atoms with van der Waals surface area (Å²) in [5.41, 5.74) is 8.10. The van der Waals surface area contributed by atoms with Gasteiger partial charge in [0.05, 0.1) is 18.0 Å². The third kappa shape index (κ3) is 2.78. The maximum atomic E-state index is 6.13. The van der Waals surface area contributed by atoms with Gasteiger partial charge < -0.3 is 20.7 Å². The lowest BCUT2D eigenvalue weighted by Crippen LogP contribution is -2.54. The molecule has 1 fully saturated rings. The van der Waals surface area contributed by atoms with Gasteiger partial charge in [-0.25, -0.2) is 0 Å². The number of nitrogens with two attached hydrogens (primary N) is 1. The van der Waals surface area contributed by atoms with E-state index in [1.165, 1.54) is 19.3 Å². The lowest BCUT2D eigenvalue weighted by atomic mass is 9.75. The van der Waals surface area contributed by atoms with Gasteiger partial charge in [-0.3, -0.25) is 0 Å². The van der Waals surface area contributed by atoms with Crippen molar-refractivity contribution in [2.75, 3.05) is 38.3 Å². The molecule has 0 heterocycles. The number of rotatable bonds is 6. The zero-order valence-corrected chi connectivity index (χ0v) is 12.2. The van der Waals surface area contributed by atoms with Gasteiger partial charge in [0.2, 0.25) is 0 Å². The molecule has 106 valence electrons. The lowest BCUT2D eigenvalue weighted by molar-refractivity contribution is 0.0739. The molecule has 0 spiro atoms. The van der Waals surface area contributed by atoms with Crippen LogP contribution in [0.3, 0.4) is 0 Å². The van der Waals surface area contributed by atoms with Crippen LogP contribution in [0.25, 0.3) is 0 Å². The second-order valence-corrected chi connectivity index (χ2v) is 5.48. The molecule has 0 atom stereocenters. The smallest absolute Gasteiger partial charge is 0.144 e. The molecule has 1 aliphatic rings. The molecule has 1 aliphatic carbocycles. The van der Waals surface area contributed by atoms with Crippen molar-refractivity contribution in [1.29, 1.82) is 0 Å².